The third-order valence-corrected chi connectivity index (χ3v) is 5.39. The van der Waals surface area contributed by atoms with E-state index in [1.165, 1.54) is 29.1 Å². The SMILES string of the molecule is C.Cc1ccc(CNCc2ccc(C#Cc3ccc(C(=O)N[C@H](C(=O)NO)[C@@H](C)O)cc3)cc2)cc1. The Labute approximate surface area is 212 Å². The first-order chi connectivity index (χ1) is 16.9. The van der Waals surface area contributed by atoms with Gasteiger partial charge in [-0.25, -0.2) is 5.48 Å². The second kappa shape index (κ2) is 13.8. The van der Waals surface area contributed by atoms with E-state index in [1.54, 1.807) is 24.3 Å². The van der Waals surface area contributed by atoms with Gasteiger partial charge in [-0.3, -0.25) is 14.8 Å². The zero-order valence-electron chi connectivity index (χ0n) is 19.7. The lowest BCUT2D eigenvalue weighted by molar-refractivity contribution is -0.133. The number of nitrogens with one attached hydrogen (secondary N) is 3. The molecule has 0 bridgehead atoms. The number of hydroxylamine groups is 1. The molecule has 0 aliphatic carbocycles. The molecule has 3 aromatic rings. The first-order valence-electron chi connectivity index (χ1n) is 11.3. The molecular formula is C29H33N3O4. The summed E-state index contributed by atoms with van der Waals surface area (Å²) >= 11 is 0. The Bertz CT molecular complexity index is 1190. The van der Waals surface area contributed by atoms with Crippen LogP contribution in [0.1, 0.15) is 52.5 Å². The Morgan fingerprint density at radius 1 is 0.833 bits per heavy atom. The summed E-state index contributed by atoms with van der Waals surface area (Å²) in [6, 6.07) is 21.8. The zero-order chi connectivity index (χ0) is 25.2. The van der Waals surface area contributed by atoms with E-state index in [0.29, 0.717) is 5.56 Å². The highest BCUT2D eigenvalue weighted by atomic mass is 16.5. The molecule has 2 amide bonds. The number of aliphatic hydroxyl groups is 1. The fourth-order valence-electron chi connectivity index (χ4n) is 3.31. The predicted octanol–water partition coefficient (Wildman–Crippen LogP) is 3.31. The van der Waals surface area contributed by atoms with E-state index in [-0.39, 0.29) is 7.43 Å². The van der Waals surface area contributed by atoms with Crippen LogP contribution in [-0.2, 0) is 17.9 Å². The molecule has 0 radical (unpaired) electrons. The maximum Gasteiger partial charge on any atom is 0.268 e. The van der Waals surface area contributed by atoms with Crippen molar-refractivity contribution < 1.29 is 19.9 Å². The number of benzene rings is 3. The molecular weight excluding hydrogens is 454 g/mol. The molecule has 0 aliphatic heterocycles. The summed E-state index contributed by atoms with van der Waals surface area (Å²) in [4.78, 5) is 23.9. The van der Waals surface area contributed by atoms with Crippen LogP contribution in [0.2, 0.25) is 0 Å². The van der Waals surface area contributed by atoms with E-state index in [9.17, 15) is 14.7 Å². The summed E-state index contributed by atoms with van der Waals surface area (Å²) in [6.45, 7) is 4.99. The lowest BCUT2D eigenvalue weighted by Crippen LogP contribution is -2.51. The number of aryl methyl sites for hydroxylation is 1. The van der Waals surface area contributed by atoms with Crippen molar-refractivity contribution in [2.75, 3.05) is 0 Å². The van der Waals surface area contributed by atoms with Crippen LogP contribution >= 0.6 is 0 Å². The molecule has 3 aromatic carbocycles. The molecule has 0 spiro atoms. The zero-order valence-corrected chi connectivity index (χ0v) is 19.7. The van der Waals surface area contributed by atoms with Gasteiger partial charge in [0, 0.05) is 29.8 Å². The van der Waals surface area contributed by atoms with Crippen LogP contribution in [0.5, 0.6) is 0 Å². The van der Waals surface area contributed by atoms with Crippen molar-refractivity contribution in [2.45, 2.75) is 46.5 Å². The van der Waals surface area contributed by atoms with Gasteiger partial charge >= 0.3 is 0 Å². The Kier molecular flexibility index (Phi) is 10.8. The standard InChI is InChI=1S/C28H29N3O4.CH4/c1-19-3-5-23(6-4-19)17-29-18-24-11-9-21(10-12-24)7-8-22-13-15-25(16-14-22)27(33)30-26(20(2)32)28(34)31-35;/h3-6,9-16,20,26,29,32,35H,17-18H2,1-2H3,(H,30,33)(H,31,34);1H4/t20-,26+;/m1./s1. The van der Waals surface area contributed by atoms with E-state index in [0.717, 1.165) is 24.2 Å². The summed E-state index contributed by atoms with van der Waals surface area (Å²) in [5, 5.41) is 24.2. The predicted molar refractivity (Wildman–Crippen MR) is 140 cm³/mol. The first kappa shape index (κ1) is 28.3. The molecule has 2 atom stereocenters. The van der Waals surface area contributed by atoms with Crippen LogP contribution in [0.15, 0.2) is 72.8 Å². The highest BCUT2D eigenvalue weighted by molar-refractivity contribution is 5.97. The van der Waals surface area contributed by atoms with Gasteiger partial charge in [0.25, 0.3) is 11.8 Å². The minimum Gasteiger partial charge on any atom is -0.391 e. The van der Waals surface area contributed by atoms with Crippen molar-refractivity contribution in [3.05, 3.63) is 106 Å². The Morgan fingerprint density at radius 3 is 1.78 bits per heavy atom. The summed E-state index contributed by atoms with van der Waals surface area (Å²) < 4.78 is 0. The molecule has 7 heteroatoms. The monoisotopic (exact) mass is 487 g/mol. The van der Waals surface area contributed by atoms with Crippen molar-refractivity contribution in [3.63, 3.8) is 0 Å². The second-order valence-electron chi connectivity index (χ2n) is 8.28. The number of carbonyl (C=O) groups excluding carboxylic acids is 2. The van der Waals surface area contributed by atoms with Crippen LogP contribution in [0, 0.1) is 18.8 Å². The Morgan fingerprint density at radius 2 is 1.31 bits per heavy atom. The van der Waals surface area contributed by atoms with E-state index >= 15 is 0 Å². The van der Waals surface area contributed by atoms with Crippen LogP contribution in [-0.4, -0.2) is 34.3 Å². The molecule has 7 nitrogen and oxygen atoms in total. The minimum absolute atomic E-state index is 0. The molecule has 0 saturated carbocycles. The lowest BCUT2D eigenvalue weighted by Gasteiger charge is -2.19. The number of aliphatic hydroxyl groups excluding tert-OH is 1. The van der Waals surface area contributed by atoms with E-state index < -0.39 is 24.0 Å². The topological polar surface area (TPSA) is 111 Å². The number of rotatable bonds is 8. The summed E-state index contributed by atoms with van der Waals surface area (Å²) in [6.07, 6.45) is -1.17. The molecule has 0 saturated heterocycles. The number of carbonyl (C=O) groups is 2. The minimum atomic E-state index is -1.27. The van der Waals surface area contributed by atoms with Gasteiger partial charge in [-0.1, -0.05) is 61.2 Å². The highest BCUT2D eigenvalue weighted by Gasteiger charge is 2.25. The Balaban J connectivity index is 0.00000456. The van der Waals surface area contributed by atoms with Crippen molar-refractivity contribution in [1.82, 2.24) is 16.1 Å². The van der Waals surface area contributed by atoms with Gasteiger partial charge in [0.05, 0.1) is 6.10 Å². The first-order valence-corrected chi connectivity index (χ1v) is 11.3. The largest absolute Gasteiger partial charge is 0.391 e. The third kappa shape index (κ3) is 8.36. The number of amides is 2. The molecule has 3 rings (SSSR count). The van der Waals surface area contributed by atoms with E-state index in [2.05, 4.69) is 53.7 Å². The molecule has 5 N–H and O–H groups in total. The maximum atomic E-state index is 12.3. The van der Waals surface area contributed by atoms with E-state index in [4.69, 9.17) is 5.21 Å². The second-order valence-corrected chi connectivity index (χ2v) is 8.28. The average molecular weight is 488 g/mol. The van der Waals surface area contributed by atoms with Gasteiger partial charge in [-0.15, -0.1) is 0 Å². The highest BCUT2D eigenvalue weighted by Crippen LogP contribution is 2.08. The van der Waals surface area contributed by atoms with Crippen LogP contribution in [0.25, 0.3) is 0 Å². The number of hydrogen-bond donors (Lipinski definition) is 5. The summed E-state index contributed by atoms with van der Waals surface area (Å²) in [5.41, 5.74) is 7.01. The van der Waals surface area contributed by atoms with Crippen LogP contribution < -0.4 is 16.1 Å². The van der Waals surface area contributed by atoms with Crippen LogP contribution in [0.3, 0.4) is 0 Å². The van der Waals surface area contributed by atoms with Gasteiger partial charge < -0.3 is 15.7 Å². The molecule has 0 fully saturated rings. The van der Waals surface area contributed by atoms with Crippen molar-refractivity contribution in [3.8, 4) is 11.8 Å². The van der Waals surface area contributed by atoms with Crippen molar-refractivity contribution in [2.24, 2.45) is 0 Å². The van der Waals surface area contributed by atoms with Gasteiger partial charge in [-0.2, -0.15) is 0 Å². The van der Waals surface area contributed by atoms with Gasteiger partial charge in [0.15, 0.2) is 0 Å². The molecule has 0 heterocycles. The molecule has 0 aliphatic rings. The molecule has 188 valence electrons. The Hall–Kier alpha value is -3.96. The van der Waals surface area contributed by atoms with Gasteiger partial charge in [0.1, 0.15) is 6.04 Å². The summed E-state index contributed by atoms with van der Waals surface area (Å²) in [5.74, 6) is 4.73. The van der Waals surface area contributed by atoms with Crippen molar-refractivity contribution in [1.29, 1.82) is 0 Å². The fourth-order valence-corrected chi connectivity index (χ4v) is 3.31. The fraction of sp³-hybridized carbons (Fsp3) is 0.241. The number of hydrogen-bond acceptors (Lipinski definition) is 5. The van der Waals surface area contributed by atoms with Gasteiger partial charge in [-0.05, 0) is 61.4 Å². The molecule has 0 aromatic heterocycles. The van der Waals surface area contributed by atoms with Crippen LogP contribution in [0.4, 0.5) is 0 Å². The smallest absolute Gasteiger partial charge is 0.268 e. The molecule has 36 heavy (non-hydrogen) atoms. The normalized spacial score (nSPS) is 11.8. The maximum absolute atomic E-state index is 12.3. The molecule has 0 unspecified atom stereocenters. The van der Waals surface area contributed by atoms with Gasteiger partial charge in [0.2, 0.25) is 0 Å². The third-order valence-electron chi connectivity index (χ3n) is 5.39. The summed E-state index contributed by atoms with van der Waals surface area (Å²) in [7, 11) is 0. The van der Waals surface area contributed by atoms with E-state index in [1.807, 2.05) is 24.3 Å². The quantitative estimate of drug-likeness (QED) is 0.190. The lowest BCUT2D eigenvalue weighted by atomic mass is 10.1. The average Bonchev–Trinajstić information content (AvgIpc) is 2.87. The van der Waals surface area contributed by atoms with Crippen molar-refractivity contribution >= 4 is 11.8 Å².